The summed E-state index contributed by atoms with van der Waals surface area (Å²) in [5, 5.41) is 0. The summed E-state index contributed by atoms with van der Waals surface area (Å²) in [6, 6.07) is 12.4. The Morgan fingerprint density at radius 2 is 1.80 bits per heavy atom. The number of ether oxygens (including phenoxy) is 2. The number of epoxide rings is 1. The lowest BCUT2D eigenvalue weighted by molar-refractivity contribution is 0.257. The number of rotatable bonds is 5. The highest BCUT2D eigenvalue weighted by Crippen LogP contribution is 2.35. The van der Waals surface area contributed by atoms with Crippen molar-refractivity contribution in [2.75, 3.05) is 13.2 Å². The van der Waals surface area contributed by atoms with E-state index in [4.69, 9.17) is 9.47 Å². The van der Waals surface area contributed by atoms with Crippen molar-refractivity contribution < 1.29 is 17.9 Å². The molecule has 0 radical (unpaired) electrons. The van der Waals surface area contributed by atoms with Crippen molar-refractivity contribution in [2.45, 2.75) is 49.0 Å². The van der Waals surface area contributed by atoms with Gasteiger partial charge in [0, 0.05) is 0 Å². The zero-order valence-corrected chi connectivity index (χ0v) is 15.9. The van der Waals surface area contributed by atoms with Gasteiger partial charge in [-0.25, -0.2) is 8.42 Å². The van der Waals surface area contributed by atoms with Crippen LogP contribution in [0.5, 0.6) is 5.75 Å². The van der Waals surface area contributed by atoms with E-state index >= 15 is 0 Å². The summed E-state index contributed by atoms with van der Waals surface area (Å²) in [4.78, 5) is 0.515. The van der Waals surface area contributed by atoms with Gasteiger partial charge in [-0.15, -0.1) is 0 Å². The first-order valence-corrected chi connectivity index (χ1v) is 9.87. The number of sulfone groups is 1. The van der Waals surface area contributed by atoms with E-state index in [0.29, 0.717) is 23.9 Å². The van der Waals surface area contributed by atoms with E-state index in [0.717, 1.165) is 11.1 Å². The zero-order valence-electron chi connectivity index (χ0n) is 15.1. The van der Waals surface area contributed by atoms with Crippen LogP contribution in [0.4, 0.5) is 0 Å². The van der Waals surface area contributed by atoms with Crippen molar-refractivity contribution in [3.63, 3.8) is 0 Å². The quantitative estimate of drug-likeness (QED) is 0.759. The molecule has 1 aliphatic heterocycles. The van der Waals surface area contributed by atoms with Crippen LogP contribution < -0.4 is 4.74 Å². The van der Waals surface area contributed by atoms with Crippen molar-refractivity contribution in [2.24, 2.45) is 0 Å². The van der Waals surface area contributed by atoms with Crippen molar-refractivity contribution in [3.8, 4) is 5.75 Å². The molecular formula is C20H24O4S. The van der Waals surface area contributed by atoms with Gasteiger partial charge in [0.25, 0.3) is 0 Å². The van der Waals surface area contributed by atoms with Crippen molar-refractivity contribution >= 4 is 9.84 Å². The highest BCUT2D eigenvalue weighted by Gasteiger charge is 2.28. The van der Waals surface area contributed by atoms with Gasteiger partial charge in [0.2, 0.25) is 9.84 Å². The first-order chi connectivity index (χ1) is 11.7. The van der Waals surface area contributed by atoms with Crippen LogP contribution in [0.15, 0.2) is 52.3 Å². The van der Waals surface area contributed by atoms with Gasteiger partial charge in [0.05, 0.1) is 11.5 Å². The molecule has 1 atom stereocenters. The normalized spacial score (nSPS) is 17.4. The van der Waals surface area contributed by atoms with Gasteiger partial charge in [0.15, 0.2) is 0 Å². The van der Waals surface area contributed by atoms with E-state index in [2.05, 4.69) is 20.8 Å². The van der Waals surface area contributed by atoms with Gasteiger partial charge >= 0.3 is 0 Å². The third-order valence-electron chi connectivity index (χ3n) is 4.31. The largest absolute Gasteiger partial charge is 0.489 e. The van der Waals surface area contributed by atoms with Crippen LogP contribution in [0.2, 0.25) is 0 Å². The third kappa shape index (κ3) is 3.88. The average molecular weight is 360 g/mol. The molecule has 0 spiro atoms. The highest BCUT2D eigenvalue weighted by molar-refractivity contribution is 7.91. The van der Waals surface area contributed by atoms with Crippen molar-refractivity contribution in [3.05, 3.63) is 53.6 Å². The number of aryl methyl sites for hydroxylation is 1. The third-order valence-corrected chi connectivity index (χ3v) is 6.26. The fourth-order valence-corrected chi connectivity index (χ4v) is 4.25. The minimum atomic E-state index is -3.66. The van der Waals surface area contributed by atoms with Crippen molar-refractivity contribution in [1.82, 2.24) is 0 Å². The molecule has 1 saturated heterocycles. The second kappa shape index (κ2) is 6.46. The molecule has 1 aliphatic rings. The Bertz CT molecular complexity index is 875. The predicted molar refractivity (Wildman–Crippen MR) is 97.0 cm³/mol. The SMILES string of the molecule is Cc1ccccc1S(=O)(=O)c1ccc(C(C)(C)C)cc1OCC1CO1. The number of hydrogen-bond donors (Lipinski definition) is 0. The predicted octanol–water partition coefficient (Wildman–Crippen LogP) is 3.90. The Hall–Kier alpha value is -1.85. The summed E-state index contributed by atoms with van der Waals surface area (Å²) in [6.45, 7) is 9.10. The van der Waals surface area contributed by atoms with Gasteiger partial charge in [-0.3, -0.25) is 0 Å². The highest BCUT2D eigenvalue weighted by atomic mass is 32.2. The van der Waals surface area contributed by atoms with Crippen LogP contribution in [0.3, 0.4) is 0 Å². The molecule has 2 aromatic carbocycles. The summed E-state index contributed by atoms with van der Waals surface area (Å²) in [5.74, 6) is 0.395. The molecule has 1 unspecified atom stereocenters. The Kier molecular flexibility index (Phi) is 4.64. The molecule has 0 amide bonds. The van der Waals surface area contributed by atoms with E-state index in [1.54, 1.807) is 31.2 Å². The standard InChI is InChI=1S/C20H24O4S/c1-14-7-5-6-8-18(14)25(21,22)19-10-9-15(20(2,3)4)11-17(19)24-13-16-12-23-16/h5-11,16H,12-13H2,1-4H3. The molecule has 3 rings (SSSR count). The monoisotopic (exact) mass is 360 g/mol. The van der Waals surface area contributed by atoms with E-state index < -0.39 is 9.84 Å². The van der Waals surface area contributed by atoms with Crippen molar-refractivity contribution in [1.29, 1.82) is 0 Å². The summed E-state index contributed by atoms with van der Waals surface area (Å²) in [7, 11) is -3.66. The molecule has 25 heavy (non-hydrogen) atoms. The van der Waals surface area contributed by atoms with E-state index in [-0.39, 0.29) is 16.4 Å². The Labute approximate surface area is 149 Å². The molecule has 0 bridgehead atoms. The summed E-state index contributed by atoms with van der Waals surface area (Å²) in [5.41, 5.74) is 1.65. The number of hydrogen-bond acceptors (Lipinski definition) is 4. The molecule has 0 aliphatic carbocycles. The van der Waals surface area contributed by atoms with E-state index in [1.165, 1.54) is 0 Å². The summed E-state index contributed by atoms with van der Waals surface area (Å²) >= 11 is 0. The van der Waals surface area contributed by atoms with Crippen LogP contribution in [0, 0.1) is 6.92 Å². The molecule has 5 heteroatoms. The van der Waals surface area contributed by atoms with Crippen LogP contribution in [0.1, 0.15) is 31.9 Å². The lowest BCUT2D eigenvalue weighted by Crippen LogP contribution is -2.14. The Morgan fingerprint density at radius 3 is 2.40 bits per heavy atom. The maximum Gasteiger partial charge on any atom is 0.210 e. The molecule has 0 aromatic heterocycles. The minimum absolute atomic E-state index is 0.0623. The van der Waals surface area contributed by atoms with Gasteiger partial charge < -0.3 is 9.47 Å². The molecular weight excluding hydrogens is 336 g/mol. The number of benzene rings is 2. The Balaban J connectivity index is 2.08. The van der Waals surface area contributed by atoms with Crippen LogP contribution in [-0.2, 0) is 20.0 Å². The summed E-state index contributed by atoms with van der Waals surface area (Å²) < 4.78 is 37.4. The minimum Gasteiger partial charge on any atom is -0.489 e. The van der Waals surface area contributed by atoms with Gasteiger partial charge in [0.1, 0.15) is 23.4 Å². The molecule has 1 fully saturated rings. The second-order valence-corrected chi connectivity index (χ2v) is 9.33. The van der Waals surface area contributed by atoms with Gasteiger partial charge in [-0.05, 0) is 41.7 Å². The molecule has 0 N–H and O–H groups in total. The fraction of sp³-hybridized carbons (Fsp3) is 0.400. The topological polar surface area (TPSA) is 55.9 Å². The first-order valence-electron chi connectivity index (χ1n) is 8.39. The van der Waals surface area contributed by atoms with Crippen LogP contribution >= 0.6 is 0 Å². The van der Waals surface area contributed by atoms with Gasteiger partial charge in [-0.2, -0.15) is 0 Å². The molecule has 134 valence electrons. The van der Waals surface area contributed by atoms with Crippen LogP contribution in [-0.4, -0.2) is 27.7 Å². The fourth-order valence-electron chi connectivity index (χ4n) is 2.63. The maximum atomic E-state index is 13.2. The van der Waals surface area contributed by atoms with E-state index in [1.807, 2.05) is 18.2 Å². The lowest BCUT2D eigenvalue weighted by atomic mass is 9.87. The second-order valence-electron chi connectivity index (χ2n) is 7.45. The van der Waals surface area contributed by atoms with Gasteiger partial charge in [-0.1, -0.05) is 45.0 Å². The smallest absolute Gasteiger partial charge is 0.210 e. The first kappa shape index (κ1) is 18.0. The molecule has 4 nitrogen and oxygen atoms in total. The van der Waals surface area contributed by atoms with Crippen LogP contribution in [0.25, 0.3) is 0 Å². The molecule has 0 saturated carbocycles. The van der Waals surface area contributed by atoms with E-state index in [9.17, 15) is 8.42 Å². The summed E-state index contributed by atoms with van der Waals surface area (Å²) in [6.07, 6.45) is 0.0623. The molecule has 1 heterocycles. The maximum absolute atomic E-state index is 13.2. The lowest BCUT2D eigenvalue weighted by Gasteiger charge is -2.21. The zero-order chi connectivity index (χ0) is 18.2. The Morgan fingerprint density at radius 1 is 1.12 bits per heavy atom. The average Bonchev–Trinajstić information content (AvgIpc) is 3.36. The molecule has 2 aromatic rings.